The van der Waals surface area contributed by atoms with Crippen LogP contribution in [0.25, 0.3) is 0 Å². The van der Waals surface area contributed by atoms with Crippen LogP contribution >= 0.6 is 22.9 Å². The highest BCUT2D eigenvalue weighted by atomic mass is 35.5. The molecule has 3 rings (SSSR count). The van der Waals surface area contributed by atoms with Crippen LogP contribution in [0.15, 0.2) is 23.7 Å². The Morgan fingerprint density at radius 2 is 2.27 bits per heavy atom. The van der Waals surface area contributed by atoms with Crippen LogP contribution in [-0.4, -0.2) is 29.0 Å². The highest BCUT2D eigenvalue weighted by molar-refractivity contribution is 7.12. The Morgan fingerprint density at radius 1 is 1.41 bits per heavy atom. The highest BCUT2D eigenvalue weighted by Crippen LogP contribution is 2.42. The lowest BCUT2D eigenvalue weighted by Gasteiger charge is -2.10. The number of hydrogen-bond donors (Lipinski definition) is 2. The summed E-state index contributed by atoms with van der Waals surface area (Å²) in [4.78, 5) is 20.8. The Bertz CT molecular complexity index is 643. The van der Waals surface area contributed by atoms with E-state index in [4.69, 9.17) is 11.6 Å². The Hall–Kier alpha value is -1.66. The molecule has 1 aliphatic rings. The van der Waals surface area contributed by atoms with Gasteiger partial charge in [0.1, 0.15) is 5.82 Å². The molecule has 0 unspecified atom stereocenters. The SMILES string of the molecule is O=C(NCCCNc1nc(Cl)ncc1C1CC1)c1cccs1. The Kier molecular flexibility index (Phi) is 4.90. The van der Waals surface area contributed by atoms with Crippen molar-refractivity contribution in [3.8, 4) is 0 Å². The van der Waals surface area contributed by atoms with E-state index in [-0.39, 0.29) is 11.2 Å². The maximum atomic E-state index is 11.8. The largest absolute Gasteiger partial charge is 0.370 e. The summed E-state index contributed by atoms with van der Waals surface area (Å²) in [7, 11) is 0. The molecule has 0 atom stereocenters. The molecule has 0 spiro atoms. The van der Waals surface area contributed by atoms with Gasteiger partial charge in [-0.2, -0.15) is 0 Å². The van der Waals surface area contributed by atoms with Gasteiger partial charge in [0.05, 0.1) is 4.88 Å². The van der Waals surface area contributed by atoms with Gasteiger partial charge in [0.2, 0.25) is 5.28 Å². The molecule has 1 aliphatic carbocycles. The summed E-state index contributed by atoms with van der Waals surface area (Å²) in [6.07, 6.45) is 5.02. The molecule has 1 amide bonds. The number of nitrogens with one attached hydrogen (secondary N) is 2. The van der Waals surface area contributed by atoms with E-state index in [2.05, 4.69) is 20.6 Å². The lowest BCUT2D eigenvalue weighted by Crippen LogP contribution is -2.25. The number of rotatable bonds is 7. The lowest BCUT2D eigenvalue weighted by molar-refractivity contribution is 0.0957. The standard InChI is InChI=1S/C15H17ClN4OS/c16-15-19-9-11(10-4-5-10)13(20-15)17-6-2-7-18-14(21)12-3-1-8-22-12/h1,3,8-10H,2,4-7H2,(H,18,21)(H,17,19,20). The number of aromatic nitrogens is 2. The van der Waals surface area contributed by atoms with E-state index in [1.165, 1.54) is 24.2 Å². The van der Waals surface area contributed by atoms with Crippen LogP contribution < -0.4 is 10.6 Å². The van der Waals surface area contributed by atoms with E-state index < -0.39 is 0 Å². The van der Waals surface area contributed by atoms with Crippen LogP contribution in [0.4, 0.5) is 5.82 Å². The number of halogens is 1. The fourth-order valence-corrected chi connectivity index (χ4v) is 2.97. The Morgan fingerprint density at radius 3 is 3.00 bits per heavy atom. The van der Waals surface area contributed by atoms with Gasteiger partial charge in [-0.1, -0.05) is 6.07 Å². The molecule has 2 aromatic heterocycles. The number of hydrogen-bond acceptors (Lipinski definition) is 5. The van der Waals surface area contributed by atoms with Crippen molar-refractivity contribution in [2.45, 2.75) is 25.2 Å². The van der Waals surface area contributed by atoms with Gasteiger partial charge in [-0.15, -0.1) is 11.3 Å². The van der Waals surface area contributed by atoms with E-state index in [1.807, 2.05) is 23.7 Å². The van der Waals surface area contributed by atoms with Gasteiger partial charge in [0, 0.05) is 24.8 Å². The third kappa shape index (κ3) is 3.96. The summed E-state index contributed by atoms with van der Waals surface area (Å²) >= 11 is 7.31. The molecule has 0 aliphatic heterocycles. The smallest absolute Gasteiger partial charge is 0.261 e. The summed E-state index contributed by atoms with van der Waals surface area (Å²) in [5.41, 5.74) is 1.15. The predicted octanol–water partition coefficient (Wildman–Crippen LogP) is 3.30. The zero-order valence-corrected chi connectivity index (χ0v) is 13.6. The van der Waals surface area contributed by atoms with Crippen molar-refractivity contribution < 1.29 is 4.79 Å². The minimum absolute atomic E-state index is 0.0150. The zero-order valence-electron chi connectivity index (χ0n) is 12.0. The molecule has 7 heteroatoms. The van der Waals surface area contributed by atoms with Gasteiger partial charge in [-0.3, -0.25) is 4.79 Å². The van der Waals surface area contributed by atoms with Crippen molar-refractivity contribution >= 4 is 34.7 Å². The molecule has 2 aromatic rings. The molecular weight excluding hydrogens is 320 g/mol. The zero-order chi connectivity index (χ0) is 15.4. The van der Waals surface area contributed by atoms with Crippen molar-refractivity contribution in [2.24, 2.45) is 0 Å². The first-order valence-electron chi connectivity index (χ1n) is 7.32. The van der Waals surface area contributed by atoms with E-state index in [1.54, 1.807) is 0 Å². The molecule has 1 saturated carbocycles. The normalized spacial score (nSPS) is 13.9. The first-order valence-corrected chi connectivity index (χ1v) is 8.58. The molecule has 0 bridgehead atoms. The van der Waals surface area contributed by atoms with Crippen molar-refractivity contribution in [2.75, 3.05) is 18.4 Å². The molecule has 22 heavy (non-hydrogen) atoms. The minimum atomic E-state index is -0.0150. The number of carbonyl (C=O) groups is 1. The summed E-state index contributed by atoms with van der Waals surface area (Å²) in [6.45, 7) is 1.36. The van der Waals surface area contributed by atoms with E-state index in [0.717, 1.165) is 29.2 Å². The maximum Gasteiger partial charge on any atom is 0.261 e. The van der Waals surface area contributed by atoms with Gasteiger partial charge in [0.25, 0.3) is 5.91 Å². The van der Waals surface area contributed by atoms with Gasteiger partial charge >= 0.3 is 0 Å². The van der Waals surface area contributed by atoms with Crippen molar-refractivity contribution in [1.29, 1.82) is 0 Å². The number of thiophene rings is 1. The molecule has 0 saturated heterocycles. The monoisotopic (exact) mass is 336 g/mol. The molecule has 2 heterocycles. The molecule has 116 valence electrons. The fourth-order valence-electron chi connectivity index (χ4n) is 2.20. The number of amides is 1. The third-order valence-electron chi connectivity index (χ3n) is 3.48. The number of nitrogens with zero attached hydrogens (tertiary/aromatic N) is 2. The fraction of sp³-hybridized carbons (Fsp3) is 0.400. The van der Waals surface area contributed by atoms with Gasteiger partial charge < -0.3 is 10.6 Å². The molecular formula is C15H17ClN4OS. The van der Waals surface area contributed by atoms with Gasteiger partial charge in [-0.05, 0) is 48.2 Å². The topological polar surface area (TPSA) is 66.9 Å². The minimum Gasteiger partial charge on any atom is -0.370 e. The molecule has 2 N–H and O–H groups in total. The van der Waals surface area contributed by atoms with Crippen LogP contribution in [0.5, 0.6) is 0 Å². The quantitative estimate of drug-likeness (QED) is 0.601. The van der Waals surface area contributed by atoms with Gasteiger partial charge in [-0.25, -0.2) is 9.97 Å². The molecule has 5 nitrogen and oxygen atoms in total. The lowest BCUT2D eigenvalue weighted by atomic mass is 10.2. The number of carbonyl (C=O) groups excluding carboxylic acids is 1. The van der Waals surface area contributed by atoms with E-state index in [0.29, 0.717) is 12.5 Å². The summed E-state index contributed by atoms with van der Waals surface area (Å²) < 4.78 is 0. The van der Waals surface area contributed by atoms with Crippen molar-refractivity contribution in [1.82, 2.24) is 15.3 Å². The van der Waals surface area contributed by atoms with Crippen molar-refractivity contribution in [3.63, 3.8) is 0 Å². The summed E-state index contributed by atoms with van der Waals surface area (Å²) in [6, 6.07) is 3.70. The maximum absolute atomic E-state index is 11.8. The van der Waals surface area contributed by atoms with E-state index >= 15 is 0 Å². The van der Waals surface area contributed by atoms with E-state index in [9.17, 15) is 4.79 Å². The van der Waals surface area contributed by atoms with Crippen LogP contribution in [0.3, 0.4) is 0 Å². The first kappa shape index (κ1) is 15.2. The second-order valence-corrected chi connectivity index (χ2v) is 6.52. The summed E-state index contributed by atoms with van der Waals surface area (Å²) in [5, 5.41) is 8.36. The average Bonchev–Trinajstić information content (AvgIpc) is 3.20. The molecule has 1 fully saturated rings. The number of anilines is 1. The average molecular weight is 337 g/mol. The molecule has 0 aromatic carbocycles. The second kappa shape index (κ2) is 7.07. The molecule has 0 radical (unpaired) electrons. The van der Waals surface area contributed by atoms with Gasteiger partial charge in [0.15, 0.2) is 0 Å². The van der Waals surface area contributed by atoms with Crippen LogP contribution in [0, 0.1) is 0 Å². The van der Waals surface area contributed by atoms with Crippen molar-refractivity contribution in [3.05, 3.63) is 39.4 Å². The first-order chi connectivity index (χ1) is 10.7. The predicted molar refractivity (Wildman–Crippen MR) is 88.8 cm³/mol. The highest BCUT2D eigenvalue weighted by Gasteiger charge is 2.27. The van der Waals surface area contributed by atoms with Crippen LogP contribution in [0.1, 0.15) is 40.4 Å². The Labute approximate surface area is 138 Å². The van der Waals surface area contributed by atoms with Crippen LogP contribution in [-0.2, 0) is 0 Å². The van der Waals surface area contributed by atoms with Crippen LogP contribution in [0.2, 0.25) is 5.28 Å². The second-order valence-electron chi connectivity index (χ2n) is 5.23. The summed E-state index contributed by atoms with van der Waals surface area (Å²) in [5.74, 6) is 1.38. The Balaban J connectivity index is 1.43. The third-order valence-corrected chi connectivity index (χ3v) is 4.53.